The van der Waals surface area contributed by atoms with Crippen molar-refractivity contribution in [2.75, 3.05) is 0 Å². The maximum atomic E-state index is 10.0. The van der Waals surface area contributed by atoms with Crippen LogP contribution in [0.3, 0.4) is 0 Å². The van der Waals surface area contributed by atoms with Crippen LogP contribution in [0.4, 0.5) is 0 Å². The molecule has 0 saturated heterocycles. The van der Waals surface area contributed by atoms with E-state index < -0.39 is 11.9 Å². The minimum atomic E-state index is -0.784. The Morgan fingerprint density at radius 2 is 0.889 bits per heavy atom. The number of hydrogen-bond donors (Lipinski definition) is 2. The Labute approximate surface area is 111 Å². The third kappa shape index (κ3) is 46.1. The smallest absolute Gasteiger partial charge is 0.303 e. The van der Waals surface area contributed by atoms with E-state index >= 15 is 0 Å². The quantitative estimate of drug-likeness (QED) is 0.670. The Morgan fingerprint density at radius 3 is 1.06 bits per heavy atom. The molecule has 0 bridgehead atoms. The molecular weight excluding hydrogens is 232 g/mol. The van der Waals surface area contributed by atoms with Crippen molar-refractivity contribution in [2.45, 2.75) is 79.1 Å². The second-order valence-electron chi connectivity index (χ2n) is 4.12. The van der Waals surface area contributed by atoms with E-state index in [0.29, 0.717) is 12.8 Å². The average Bonchev–Trinajstić information content (AvgIpc) is 2.24. The van der Waals surface area contributed by atoms with Gasteiger partial charge < -0.3 is 10.2 Å². The summed E-state index contributed by atoms with van der Waals surface area (Å²) in [6.45, 7) is 8.50. The zero-order valence-corrected chi connectivity index (χ0v) is 12.4. The molecule has 0 fully saturated rings. The highest BCUT2D eigenvalue weighted by Crippen LogP contribution is 2.04. The molecule has 0 aliphatic heterocycles. The van der Waals surface area contributed by atoms with E-state index in [0.717, 1.165) is 12.8 Å². The Kier molecular flexibility index (Phi) is 26.1. The van der Waals surface area contributed by atoms with Gasteiger partial charge in [-0.05, 0) is 12.8 Å². The maximum absolute atomic E-state index is 10.0. The SMILES string of the molecule is CCC.CCC.O=C(O)CCCCCCC(=O)O. The van der Waals surface area contributed by atoms with Gasteiger partial charge in [-0.25, -0.2) is 0 Å². The molecule has 0 unspecified atom stereocenters. The average molecular weight is 262 g/mol. The van der Waals surface area contributed by atoms with Gasteiger partial charge in [-0.15, -0.1) is 0 Å². The third-order valence-electron chi connectivity index (χ3n) is 1.53. The Hall–Kier alpha value is -1.06. The number of unbranched alkanes of at least 4 members (excludes halogenated alkanes) is 3. The summed E-state index contributed by atoms with van der Waals surface area (Å²) in [5.74, 6) is -1.57. The monoisotopic (exact) mass is 262 g/mol. The highest BCUT2D eigenvalue weighted by molar-refractivity contribution is 5.66. The molecule has 0 aromatic carbocycles. The van der Waals surface area contributed by atoms with Crippen molar-refractivity contribution in [1.29, 1.82) is 0 Å². The summed E-state index contributed by atoms with van der Waals surface area (Å²) < 4.78 is 0. The summed E-state index contributed by atoms with van der Waals surface area (Å²) in [5.41, 5.74) is 0. The fourth-order valence-electron chi connectivity index (χ4n) is 0.906. The fourth-order valence-corrected chi connectivity index (χ4v) is 0.906. The van der Waals surface area contributed by atoms with Crippen molar-refractivity contribution in [3.05, 3.63) is 0 Å². The summed E-state index contributed by atoms with van der Waals surface area (Å²) in [4.78, 5) is 20.1. The van der Waals surface area contributed by atoms with E-state index in [-0.39, 0.29) is 12.8 Å². The standard InChI is InChI=1S/C8H14O4.2C3H8/c9-7(10)5-3-1-2-4-6-8(11)12;2*1-3-2/h1-6H2,(H,9,10)(H,11,12);2*3H2,1-2H3. The summed E-state index contributed by atoms with van der Waals surface area (Å²) in [6.07, 6.45) is 5.78. The molecule has 18 heavy (non-hydrogen) atoms. The first-order valence-corrected chi connectivity index (χ1v) is 6.89. The van der Waals surface area contributed by atoms with Gasteiger partial charge in [0.1, 0.15) is 0 Å². The van der Waals surface area contributed by atoms with Crippen molar-refractivity contribution in [3.8, 4) is 0 Å². The van der Waals surface area contributed by atoms with Gasteiger partial charge in [-0.2, -0.15) is 0 Å². The first-order valence-electron chi connectivity index (χ1n) is 6.89. The zero-order valence-electron chi connectivity index (χ0n) is 12.4. The lowest BCUT2D eigenvalue weighted by atomic mass is 10.1. The highest BCUT2D eigenvalue weighted by Gasteiger charge is 1.98. The van der Waals surface area contributed by atoms with Gasteiger partial charge >= 0.3 is 11.9 Å². The van der Waals surface area contributed by atoms with Crippen LogP contribution >= 0.6 is 0 Å². The van der Waals surface area contributed by atoms with Crippen molar-refractivity contribution in [2.24, 2.45) is 0 Å². The summed E-state index contributed by atoms with van der Waals surface area (Å²) in [5, 5.41) is 16.5. The topological polar surface area (TPSA) is 74.6 Å². The molecule has 0 heterocycles. The molecule has 0 amide bonds. The van der Waals surface area contributed by atoms with E-state index in [9.17, 15) is 9.59 Å². The predicted octanol–water partition coefficient (Wildman–Crippen LogP) is 4.33. The van der Waals surface area contributed by atoms with Gasteiger partial charge in [0.2, 0.25) is 0 Å². The number of hydrogen-bond acceptors (Lipinski definition) is 2. The molecule has 0 aliphatic rings. The number of carboxylic acids is 2. The van der Waals surface area contributed by atoms with E-state index in [2.05, 4.69) is 27.7 Å². The molecule has 0 rings (SSSR count). The summed E-state index contributed by atoms with van der Waals surface area (Å²) in [6, 6.07) is 0. The fraction of sp³-hybridized carbons (Fsp3) is 0.857. The maximum Gasteiger partial charge on any atom is 0.303 e. The number of aliphatic carboxylic acids is 2. The van der Waals surface area contributed by atoms with E-state index in [1.807, 2.05) is 0 Å². The first kappa shape index (κ1) is 22.1. The zero-order chi connectivity index (χ0) is 14.8. The Balaban J connectivity index is -0.000000315. The van der Waals surface area contributed by atoms with Crippen molar-refractivity contribution in [3.63, 3.8) is 0 Å². The van der Waals surface area contributed by atoms with Crippen LogP contribution in [0.15, 0.2) is 0 Å². The van der Waals surface area contributed by atoms with Crippen LogP contribution in [0.1, 0.15) is 79.1 Å². The molecular formula is C14H30O4. The van der Waals surface area contributed by atoms with Crippen LogP contribution in [0, 0.1) is 0 Å². The van der Waals surface area contributed by atoms with Gasteiger partial charge in [0.25, 0.3) is 0 Å². The Morgan fingerprint density at radius 1 is 0.667 bits per heavy atom. The molecule has 0 spiro atoms. The van der Waals surface area contributed by atoms with E-state index in [1.54, 1.807) is 0 Å². The van der Waals surface area contributed by atoms with Gasteiger partial charge in [-0.1, -0.05) is 53.4 Å². The van der Waals surface area contributed by atoms with Crippen LogP contribution in [0.5, 0.6) is 0 Å². The van der Waals surface area contributed by atoms with Crippen molar-refractivity contribution >= 4 is 11.9 Å². The molecule has 0 radical (unpaired) electrons. The number of carboxylic acid groups (broad SMARTS) is 2. The van der Waals surface area contributed by atoms with Gasteiger partial charge in [0, 0.05) is 12.8 Å². The molecule has 4 nitrogen and oxygen atoms in total. The predicted molar refractivity (Wildman–Crippen MR) is 74.9 cm³/mol. The molecule has 0 aromatic heterocycles. The lowest BCUT2D eigenvalue weighted by molar-refractivity contribution is -0.138. The second kappa shape index (κ2) is 21.2. The van der Waals surface area contributed by atoms with Crippen molar-refractivity contribution < 1.29 is 19.8 Å². The van der Waals surface area contributed by atoms with Crippen molar-refractivity contribution in [1.82, 2.24) is 0 Å². The largest absolute Gasteiger partial charge is 0.481 e. The highest BCUT2D eigenvalue weighted by atomic mass is 16.4. The minimum absolute atomic E-state index is 0.188. The van der Waals surface area contributed by atoms with E-state index in [4.69, 9.17) is 10.2 Å². The molecule has 0 atom stereocenters. The van der Waals surface area contributed by atoms with Gasteiger partial charge in [-0.3, -0.25) is 9.59 Å². The van der Waals surface area contributed by atoms with E-state index in [1.165, 1.54) is 12.8 Å². The molecule has 0 aromatic rings. The molecule has 0 aliphatic carbocycles. The van der Waals surface area contributed by atoms with Crippen LogP contribution in [0.25, 0.3) is 0 Å². The lowest BCUT2D eigenvalue weighted by Crippen LogP contribution is -1.95. The summed E-state index contributed by atoms with van der Waals surface area (Å²) in [7, 11) is 0. The molecule has 4 heteroatoms. The number of carbonyl (C=O) groups is 2. The number of rotatable bonds is 7. The van der Waals surface area contributed by atoms with Crippen LogP contribution in [0.2, 0.25) is 0 Å². The molecule has 0 saturated carbocycles. The Bertz CT molecular complexity index is 159. The third-order valence-corrected chi connectivity index (χ3v) is 1.53. The van der Waals surface area contributed by atoms with Crippen LogP contribution in [-0.4, -0.2) is 22.2 Å². The van der Waals surface area contributed by atoms with Gasteiger partial charge in [0.05, 0.1) is 0 Å². The lowest BCUT2D eigenvalue weighted by Gasteiger charge is -1.96. The minimum Gasteiger partial charge on any atom is -0.481 e. The molecule has 110 valence electrons. The normalized spacial score (nSPS) is 8.44. The summed E-state index contributed by atoms with van der Waals surface area (Å²) >= 11 is 0. The molecule has 2 N–H and O–H groups in total. The van der Waals surface area contributed by atoms with Gasteiger partial charge in [0.15, 0.2) is 0 Å². The van der Waals surface area contributed by atoms with Crippen LogP contribution in [-0.2, 0) is 9.59 Å². The second-order valence-corrected chi connectivity index (χ2v) is 4.12. The first-order chi connectivity index (χ1) is 8.45. The van der Waals surface area contributed by atoms with Crippen LogP contribution < -0.4 is 0 Å².